The highest BCUT2D eigenvalue weighted by atomic mass is 16.7. The number of nitrogens with zero attached hydrogens (tertiary/aromatic N) is 2. The predicted octanol–water partition coefficient (Wildman–Crippen LogP) is 5.29. The number of aryl methyl sites for hydroxylation is 2. The number of carbonyl (C=O) groups is 3. The second-order valence-corrected chi connectivity index (χ2v) is 7.86. The van der Waals surface area contributed by atoms with Crippen LogP contribution in [0.3, 0.4) is 0 Å². The molecular formula is C27H24N4O5. The van der Waals surface area contributed by atoms with Gasteiger partial charge in [-0.3, -0.25) is 9.59 Å². The van der Waals surface area contributed by atoms with Gasteiger partial charge >= 0.3 is 6.16 Å². The van der Waals surface area contributed by atoms with Gasteiger partial charge in [0, 0.05) is 11.1 Å². The lowest BCUT2D eigenvalue weighted by Crippen LogP contribution is -2.17. The molecule has 0 saturated carbocycles. The average molecular weight is 485 g/mol. The molecular weight excluding hydrogens is 460 g/mol. The Balaban J connectivity index is 1.47. The summed E-state index contributed by atoms with van der Waals surface area (Å²) >= 11 is 0. The highest BCUT2D eigenvalue weighted by Gasteiger charge is 2.14. The van der Waals surface area contributed by atoms with Crippen LogP contribution in [0.5, 0.6) is 5.75 Å². The van der Waals surface area contributed by atoms with E-state index in [4.69, 9.17) is 9.47 Å². The highest BCUT2D eigenvalue weighted by molar-refractivity contribution is 6.10. The van der Waals surface area contributed by atoms with Crippen molar-refractivity contribution >= 4 is 40.4 Å². The molecule has 0 radical (unpaired) electrons. The lowest BCUT2D eigenvalue weighted by Gasteiger charge is -2.13. The Hall–Kier alpha value is -4.79. The molecule has 9 heteroatoms. The minimum atomic E-state index is -0.817. The molecule has 4 aromatic rings. The van der Waals surface area contributed by atoms with Crippen LogP contribution in [0.15, 0.2) is 66.7 Å². The minimum absolute atomic E-state index is 0.198. The molecule has 0 aliphatic carbocycles. The van der Waals surface area contributed by atoms with Crippen LogP contribution < -0.4 is 15.4 Å². The summed E-state index contributed by atoms with van der Waals surface area (Å²) in [6, 6.07) is 18.0. The maximum Gasteiger partial charge on any atom is 0.513 e. The molecule has 0 atom stereocenters. The fourth-order valence-electron chi connectivity index (χ4n) is 3.38. The summed E-state index contributed by atoms with van der Waals surface area (Å²) in [7, 11) is 0. The topological polar surface area (TPSA) is 120 Å². The van der Waals surface area contributed by atoms with E-state index >= 15 is 0 Å². The number of benzene rings is 3. The third-order valence-electron chi connectivity index (χ3n) is 5.34. The van der Waals surface area contributed by atoms with Crippen molar-refractivity contribution in [2.24, 2.45) is 0 Å². The average Bonchev–Trinajstić information content (AvgIpc) is 2.86. The number of fused-ring (bicyclic) bond motifs is 1. The van der Waals surface area contributed by atoms with Gasteiger partial charge in [0.1, 0.15) is 5.75 Å². The van der Waals surface area contributed by atoms with Crippen molar-refractivity contribution in [3.8, 4) is 5.75 Å². The molecule has 1 heterocycles. The molecule has 0 spiro atoms. The number of amides is 2. The summed E-state index contributed by atoms with van der Waals surface area (Å²) in [4.78, 5) is 46.2. The van der Waals surface area contributed by atoms with Crippen LogP contribution in [0.25, 0.3) is 11.0 Å². The van der Waals surface area contributed by atoms with E-state index in [9.17, 15) is 14.4 Å². The van der Waals surface area contributed by atoms with E-state index in [-0.39, 0.29) is 18.3 Å². The van der Waals surface area contributed by atoms with Gasteiger partial charge in [-0.05, 0) is 75.4 Å². The van der Waals surface area contributed by atoms with E-state index in [1.54, 1.807) is 49.4 Å². The van der Waals surface area contributed by atoms with Gasteiger partial charge in [0.05, 0.1) is 40.4 Å². The molecule has 9 nitrogen and oxygen atoms in total. The Morgan fingerprint density at radius 1 is 0.750 bits per heavy atom. The number of carbonyl (C=O) groups excluding carboxylic acids is 3. The Kier molecular flexibility index (Phi) is 7.20. The number of aromatic nitrogens is 2. The second kappa shape index (κ2) is 10.6. The first-order valence-electron chi connectivity index (χ1n) is 11.3. The summed E-state index contributed by atoms with van der Waals surface area (Å²) in [6.07, 6.45) is -0.817. The van der Waals surface area contributed by atoms with Gasteiger partial charge < -0.3 is 20.1 Å². The van der Waals surface area contributed by atoms with Crippen molar-refractivity contribution < 1.29 is 23.9 Å². The van der Waals surface area contributed by atoms with Crippen LogP contribution in [-0.4, -0.2) is 34.5 Å². The van der Waals surface area contributed by atoms with E-state index < -0.39 is 12.1 Å². The third kappa shape index (κ3) is 5.64. The molecule has 36 heavy (non-hydrogen) atoms. The standard InChI is InChI=1S/C27H24N4O5/c1-4-35-27(34)36-20-12-9-18(10-13-20)25(32)30-21-7-5-6-8-22(21)31-26(33)19-11-14-23-24(15-19)29-17(3)16(2)28-23/h5-15H,4H2,1-3H3,(H,30,32)(H,31,33). The Bertz CT molecular complexity index is 1450. The molecule has 2 amide bonds. The van der Waals surface area contributed by atoms with E-state index in [2.05, 4.69) is 20.6 Å². The first kappa shape index (κ1) is 24.3. The molecule has 182 valence electrons. The molecule has 2 N–H and O–H groups in total. The molecule has 0 fully saturated rings. The van der Waals surface area contributed by atoms with Gasteiger partial charge in [-0.1, -0.05) is 12.1 Å². The lowest BCUT2D eigenvalue weighted by atomic mass is 10.1. The van der Waals surface area contributed by atoms with Crippen molar-refractivity contribution in [1.82, 2.24) is 9.97 Å². The molecule has 0 aliphatic heterocycles. The Labute approximate surface area is 207 Å². The van der Waals surface area contributed by atoms with Gasteiger partial charge in [-0.15, -0.1) is 0 Å². The summed E-state index contributed by atoms with van der Waals surface area (Å²) in [5.74, 6) is -0.492. The first-order chi connectivity index (χ1) is 17.3. The van der Waals surface area contributed by atoms with E-state index in [1.165, 1.54) is 24.3 Å². The number of anilines is 2. The second-order valence-electron chi connectivity index (χ2n) is 7.86. The zero-order chi connectivity index (χ0) is 25.7. The molecule has 0 aliphatic rings. The first-order valence-corrected chi connectivity index (χ1v) is 11.3. The van der Waals surface area contributed by atoms with Gasteiger partial charge in [-0.25, -0.2) is 14.8 Å². The molecule has 4 rings (SSSR count). The minimum Gasteiger partial charge on any atom is -0.434 e. The molecule has 0 bridgehead atoms. The summed E-state index contributed by atoms with van der Waals surface area (Å²) in [6.45, 7) is 5.63. The number of hydrogen-bond acceptors (Lipinski definition) is 7. The van der Waals surface area contributed by atoms with Crippen molar-refractivity contribution in [1.29, 1.82) is 0 Å². The Morgan fingerprint density at radius 2 is 1.31 bits per heavy atom. The molecule has 3 aromatic carbocycles. The van der Waals surface area contributed by atoms with Crippen LogP contribution in [-0.2, 0) is 4.74 Å². The van der Waals surface area contributed by atoms with Gasteiger partial charge in [0.15, 0.2) is 0 Å². The number of ether oxygens (including phenoxy) is 2. The quantitative estimate of drug-likeness (QED) is 0.282. The highest BCUT2D eigenvalue weighted by Crippen LogP contribution is 2.24. The van der Waals surface area contributed by atoms with Crippen LogP contribution in [0.2, 0.25) is 0 Å². The van der Waals surface area contributed by atoms with Crippen molar-refractivity contribution in [3.63, 3.8) is 0 Å². The molecule has 0 saturated heterocycles. The van der Waals surface area contributed by atoms with E-state index in [0.717, 1.165) is 11.4 Å². The van der Waals surface area contributed by atoms with Crippen LogP contribution in [0, 0.1) is 13.8 Å². The largest absolute Gasteiger partial charge is 0.513 e. The van der Waals surface area contributed by atoms with Crippen molar-refractivity contribution in [2.45, 2.75) is 20.8 Å². The zero-order valence-corrected chi connectivity index (χ0v) is 20.0. The number of nitrogens with one attached hydrogen (secondary N) is 2. The summed E-state index contributed by atoms with van der Waals surface area (Å²) in [5.41, 5.74) is 4.59. The van der Waals surface area contributed by atoms with E-state index in [1.807, 2.05) is 13.8 Å². The SMILES string of the molecule is CCOC(=O)Oc1ccc(C(=O)Nc2ccccc2NC(=O)c2ccc3nc(C)c(C)nc3c2)cc1. The van der Waals surface area contributed by atoms with E-state index in [0.29, 0.717) is 33.5 Å². The lowest BCUT2D eigenvalue weighted by molar-refractivity contribution is 0.101. The van der Waals surface area contributed by atoms with Crippen LogP contribution >= 0.6 is 0 Å². The normalized spacial score (nSPS) is 10.5. The monoisotopic (exact) mass is 484 g/mol. The number of rotatable bonds is 6. The fourth-order valence-corrected chi connectivity index (χ4v) is 3.38. The molecule has 1 aromatic heterocycles. The number of para-hydroxylation sites is 2. The molecule has 0 unspecified atom stereocenters. The van der Waals surface area contributed by atoms with Crippen LogP contribution in [0.4, 0.5) is 16.2 Å². The predicted molar refractivity (Wildman–Crippen MR) is 135 cm³/mol. The number of hydrogen-bond donors (Lipinski definition) is 2. The van der Waals surface area contributed by atoms with Crippen LogP contribution in [0.1, 0.15) is 39.0 Å². The van der Waals surface area contributed by atoms with Crippen molar-refractivity contribution in [2.75, 3.05) is 17.2 Å². The smallest absolute Gasteiger partial charge is 0.434 e. The van der Waals surface area contributed by atoms with Gasteiger partial charge in [-0.2, -0.15) is 0 Å². The summed E-state index contributed by atoms with van der Waals surface area (Å²) < 4.78 is 9.73. The fraction of sp³-hybridized carbons (Fsp3) is 0.148. The maximum absolute atomic E-state index is 13.0. The third-order valence-corrected chi connectivity index (χ3v) is 5.34. The van der Waals surface area contributed by atoms with Gasteiger partial charge in [0.25, 0.3) is 11.8 Å². The maximum atomic E-state index is 13.0. The Morgan fingerprint density at radius 3 is 1.92 bits per heavy atom. The zero-order valence-electron chi connectivity index (χ0n) is 20.0. The summed E-state index contributed by atoms with van der Waals surface area (Å²) in [5, 5.41) is 5.64. The van der Waals surface area contributed by atoms with Crippen molar-refractivity contribution in [3.05, 3.63) is 89.2 Å². The van der Waals surface area contributed by atoms with Gasteiger partial charge in [0.2, 0.25) is 0 Å².